The fraction of sp³-hybridized carbons (Fsp3) is 0.333. The molecule has 0 aliphatic carbocycles. The van der Waals surface area contributed by atoms with E-state index < -0.39 is 23.1 Å². The second kappa shape index (κ2) is 3.55. The van der Waals surface area contributed by atoms with Gasteiger partial charge in [-0.2, -0.15) is 0 Å². The second-order valence-corrected chi connectivity index (χ2v) is 4.40. The summed E-state index contributed by atoms with van der Waals surface area (Å²) in [7, 11) is 1.45. The third-order valence-electron chi connectivity index (χ3n) is 3.27. The first-order valence-corrected chi connectivity index (χ1v) is 5.17. The van der Waals surface area contributed by atoms with Gasteiger partial charge in [0.15, 0.2) is 0 Å². The summed E-state index contributed by atoms with van der Waals surface area (Å²) in [5, 5.41) is 9.25. The Kier molecular flexibility index (Phi) is 2.41. The smallest absolute Gasteiger partial charge is 0.314 e. The Morgan fingerprint density at radius 3 is 2.76 bits per heavy atom. The summed E-state index contributed by atoms with van der Waals surface area (Å²) in [4.78, 5) is 24.2. The molecule has 0 saturated heterocycles. The van der Waals surface area contributed by atoms with Crippen LogP contribution in [0.4, 0.5) is 10.1 Å². The van der Waals surface area contributed by atoms with Gasteiger partial charge in [-0.15, -0.1) is 0 Å². The fourth-order valence-corrected chi connectivity index (χ4v) is 2.13. The minimum atomic E-state index is -1.36. The number of carboxylic acids is 1. The molecule has 2 rings (SSSR count). The lowest BCUT2D eigenvalue weighted by molar-refractivity contribution is -0.145. The van der Waals surface area contributed by atoms with Gasteiger partial charge in [-0.3, -0.25) is 9.59 Å². The van der Waals surface area contributed by atoms with Gasteiger partial charge in [0.1, 0.15) is 11.2 Å². The zero-order valence-electron chi connectivity index (χ0n) is 9.53. The minimum Gasteiger partial charge on any atom is -0.481 e. The molecule has 0 unspecified atom stereocenters. The summed E-state index contributed by atoms with van der Waals surface area (Å²) < 4.78 is 13.7. The fourth-order valence-electron chi connectivity index (χ4n) is 2.13. The van der Waals surface area contributed by atoms with Gasteiger partial charge in [-0.1, -0.05) is 12.1 Å². The number of para-hydroxylation sites is 1. The third-order valence-corrected chi connectivity index (χ3v) is 3.27. The predicted octanol–water partition coefficient (Wildman–Crippen LogP) is 1.53. The van der Waals surface area contributed by atoms with Crippen molar-refractivity contribution in [1.29, 1.82) is 0 Å². The van der Waals surface area contributed by atoms with Gasteiger partial charge in [0, 0.05) is 13.5 Å². The van der Waals surface area contributed by atoms with E-state index in [1.807, 2.05) is 0 Å². The molecule has 1 atom stereocenters. The van der Waals surface area contributed by atoms with E-state index in [0.29, 0.717) is 5.56 Å². The number of anilines is 1. The van der Waals surface area contributed by atoms with Gasteiger partial charge in [-0.25, -0.2) is 4.39 Å². The average molecular weight is 237 g/mol. The van der Waals surface area contributed by atoms with E-state index in [1.54, 1.807) is 6.07 Å². The van der Waals surface area contributed by atoms with E-state index in [1.165, 1.54) is 31.0 Å². The van der Waals surface area contributed by atoms with Crippen molar-refractivity contribution < 1.29 is 19.1 Å². The highest BCUT2D eigenvalue weighted by Crippen LogP contribution is 2.41. The van der Waals surface area contributed by atoms with Gasteiger partial charge in [0.05, 0.1) is 5.69 Å². The number of halogens is 1. The van der Waals surface area contributed by atoms with Crippen molar-refractivity contribution >= 4 is 17.6 Å². The Morgan fingerprint density at radius 1 is 1.53 bits per heavy atom. The molecule has 1 heterocycles. The largest absolute Gasteiger partial charge is 0.481 e. The minimum absolute atomic E-state index is 0.0636. The van der Waals surface area contributed by atoms with E-state index in [-0.39, 0.29) is 12.1 Å². The molecular formula is C12H12FNO3. The van der Waals surface area contributed by atoms with Crippen LogP contribution in [-0.4, -0.2) is 24.0 Å². The quantitative estimate of drug-likeness (QED) is 0.805. The van der Waals surface area contributed by atoms with E-state index >= 15 is 0 Å². The lowest BCUT2D eigenvalue weighted by Crippen LogP contribution is -2.45. The first-order valence-electron chi connectivity index (χ1n) is 5.17. The first kappa shape index (κ1) is 11.6. The number of nitrogens with zero attached hydrogens (tertiary/aromatic N) is 1. The average Bonchev–Trinajstić information content (AvgIpc) is 2.25. The Bertz CT molecular complexity index is 514. The number of aliphatic carboxylic acids is 1. The molecule has 1 N–H and O–H groups in total. The molecule has 5 heteroatoms. The third kappa shape index (κ3) is 1.50. The van der Waals surface area contributed by atoms with Crippen LogP contribution in [0.2, 0.25) is 0 Å². The van der Waals surface area contributed by atoms with Gasteiger partial charge >= 0.3 is 5.97 Å². The number of rotatable bonds is 1. The van der Waals surface area contributed by atoms with Crippen LogP contribution >= 0.6 is 0 Å². The highest BCUT2D eigenvalue weighted by molar-refractivity contribution is 6.03. The van der Waals surface area contributed by atoms with Crippen LogP contribution in [0.1, 0.15) is 18.9 Å². The molecule has 4 nitrogen and oxygen atoms in total. The molecule has 0 radical (unpaired) electrons. The maximum atomic E-state index is 13.7. The molecule has 0 saturated carbocycles. The maximum Gasteiger partial charge on any atom is 0.314 e. The Labute approximate surface area is 97.7 Å². The van der Waals surface area contributed by atoms with Crippen molar-refractivity contribution in [3.8, 4) is 0 Å². The molecule has 1 amide bonds. The van der Waals surface area contributed by atoms with Crippen molar-refractivity contribution in [3.05, 3.63) is 29.6 Å². The number of benzene rings is 1. The number of hydrogen-bond acceptors (Lipinski definition) is 2. The van der Waals surface area contributed by atoms with Gasteiger partial charge in [0.25, 0.3) is 0 Å². The zero-order valence-corrected chi connectivity index (χ0v) is 9.53. The van der Waals surface area contributed by atoms with E-state index in [9.17, 15) is 19.1 Å². The highest BCUT2D eigenvalue weighted by atomic mass is 19.1. The Balaban J connectivity index is 2.74. The summed E-state index contributed by atoms with van der Waals surface area (Å²) in [5.74, 6) is -2.09. The number of carboxylic acid groups (broad SMARTS) is 1. The summed E-state index contributed by atoms with van der Waals surface area (Å²) >= 11 is 0. The molecule has 0 bridgehead atoms. The van der Waals surface area contributed by atoms with E-state index in [2.05, 4.69) is 0 Å². The number of hydrogen-bond donors (Lipinski definition) is 1. The summed E-state index contributed by atoms with van der Waals surface area (Å²) in [6, 6.07) is 4.23. The first-order chi connectivity index (χ1) is 7.88. The van der Waals surface area contributed by atoms with Gasteiger partial charge in [-0.05, 0) is 18.6 Å². The normalized spacial score (nSPS) is 23.5. The lowest BCUT2D eigenvalue weighted by Gasteiger charge is -2.36. The molecular weight excluding hydrogens is 225 g/mol. The maximum absolute atomic E-state index is 13.7. The van der Waals surface area contributed by atoms with Crippen molar-refractivity contribution in [3.63, 3.8) is 0 Å². The van der Waals surface area contributed by atoms with Crippen LogP contribution in [-0.2, 0) is 15.0 Å². The lowest BCUT2D eigenvalue weighted by atomic mass is 9.75. The molecule has 0 fully saturated rings. The number of carbonyl (C=O) groups is 2. The van der Waals surface area contributed by atoms with Crippen molar-refractivity contribution in [2.75, 3.05) is 11.9 Å². The van der Waals surface area contributed by atoms with Crippen LogP contribution in [0.15, 0.2) is 18.2 Å². The van der Waals surface area contributed by atoms with E-state index in [0.717, 1.165) is 0 Å². The molecule has 0 spiro atoms. The van der Waals surface area contributed by atoms with Crippen molar-refractivity contribution in [2.45, 2.75) is 18.8 Å². The van der Waals surface area contributed by atoms with Crippen LogP contribution in [0.3, 0.4) is 0 Å². The van der Waals surface area contributed by atoms with Crippen LogP contribution in [0.5, 0.6) is 0 Å². The van der Waals surface area contributed by atoms with Gasteiger partial charge < -0.3 is 10.0 Å². The molecule has 1 aromatic rings. The molecule has 17 heavy (non-hydrogen) atoms. The predicted molar refractivity (Wildman–Crippen MR) is 59.4 cm³/mol. The Morgan fingerprint density at radius 2 is 2.18 bits per heavy atom. The SMILES string of the molecule is CN1C(=O)C[C@@](C)(C(=O)O)c2cccc(F)c21. The number of fused-ring (bicyclic) bond motifs is 1. The second-order valence-electron chi connectivity index (χ2n) is 4.40. The topological polar surface area (TPSA) is 57.6 Å². The monoisotopic (exact) mass is 237 g/mol. The van der Waals surface area contributed by atoms with Crippen LogP contribution < -0.4 is 4.90 Å². The van der Waals surface area contributed by atoms with Crippen molar-refractivity contribution in [1.82, 2.24) is 0 Å². The molecule has 1 aliphatic rings. The zero-order chi connectivity index (χ0) is 12.8. The molecule has 90 valence electrons. The molecule has 1 aliphatic heterocycles. The molecule has 1 aromatic carbocycles. The summed E-state index contributed by atoms with van der Waals surface area (Å²) in [6.07, 6.45) is -0.157. The van der Waals surface area contributed by atoms with E-state index in [4.69, 9.17) is 0 Å². The van der Waals surface area contributed by atoms with Gasteiger partial charge in [0.2, 0.25) is 5.91 Å². The number of amides is 1. The van der Waals surface area contributed by atoms with Crippen LogP contribution in [0, 0.1) is 5.82 Å². The summed E-state index contributed by atoms with van der Waals surface area (Å²) in [5.41, 5.74) is -0.957. The molecule has 0 aromatic heterocycles. The standard InChI is InChI=1S/C12H12FNO3/c1-12(11(16)17)6-9(15)14(2)10-7(12)4-3-5-8(10)13/h3-5H,6H2,1-2H3,(H,16,17)/t12-/m1/s1. The van der Waals surface area contributed by atoms with Crippen LogP contribution in [0.25, 0.3) is 0 Å². The summed E-state index contributed by atoms with van der Waals surface area (Å²) in [6.45, 7) is 1.44. The highest BCUT2D eigenvalue weighted by Gasteiger charge is 2.45. The van der Waals surface area contributed by atoms with Crippen molar-refractivity contribution in [2.24, 2.45) is 0 Å². The number of carbonyl (C=O) groups excluding carboxylic acids is 1. The Hall–Kier alpha value is -1.91.